The van der Waals surface area contributed by atoms with Crippen LogP contribution in [0.3, 0.4) is 0 Å². The van der Waals surface area contributed by atoms with E-state index in [9.17, 15) is 14.7 Å². The van der Waals surface area contributed by atoms with Gasteiger partial charge in [0.1, 0.15) is 10.7 Å². The summed E-state index contributed by atoms with van der Waals surface area (Å²) in [6.45, 7) is 5.90. The molecule has 3 atom stereocenters. The van der Waals surface area contributed by atoms with E-state index in [-0.39, 0.29) is 12.5 Å². The Labute approximate surface area is 140 Å². The SMILES string of the molecule is CCOC(=O)[C@H]1SC[C@H](O)[C@]12C(=O)N(C)c1c(C)cc(C)cc12. The van der Waals surface area contributed by atoms with Gasteiger partial charge in [-0.15, -0.1) is 11.8 Å². The molecule has 1 saturated heterocycles. The van der Waals surface area contributed by atoms with Crippen LogP contribution in [0.5, 0.6) is 0 Å². The van der Waals surface area contributed by atoms with Crippen molar-refractivity contribution in [1.82, 2.24) is 0 Å². The molecule has 2 aliphatic heterocycles. The summed E-state index contributed by atoms with van der Waals surface area (Å²) >= 11 is 1.30. The van der Waals surface area contributed by atoms with Crippen LogP contribution in [-0.4, -0.2) is 47.7 Å². The molecule has 124 valence electrons. The second-order valence-corrected chi connectivity index (χ2v) is 7.33. The van der Waals surface area contributed by atoms with Crippen LogP contribution in [-0.2, 0) is 19.7 Å². The summed E-state index contributed by atoms with van der Waals surface area (Å²) in [6.07, 6.45) is -0.903. The van der Waals surface area contributed by atoms with Crippen LogP contribution in [0.2, 0.25) is 0 Å². The van der Waals surface area contributed by atoms with Crippen molar-refractivity contribution in [3.05, 3.63) is 28.8 Å². The number of aryl methyl sites for hydroxylation is 2. The van der Waals surface area contributed by atoms with Crippen molar-refractivity contribution in [1.29, 1.82) is 0 Å². The molecule has 1 aromatic carbocycles. The van der Waals surface area contributed by atoms with Gasteiger partial charge in [0.25, 0.3) is 0 Å². The largest absolute Gasteiger partial charge is 0.465 e. The lowest BCUT2D eigenvalue weighted by molar-refractivity contribution is -0.147. The zero-order valence-electron chi connectivity index (χ0n) is 13.8. The predicted molar refractivity (Wildman–Crippen MR) is 89.9 cm³/mol. The molecule has 6 heteroatoms. The van der Waals surface area contributed by atoms with Gasteiger partial charge < -0.3 is 14.7 Å². The van der Waals surface area contributed by atoms with E-state index in [0.29, 0.717) is 5.75 Å². The van der Waals surface area contributed by atoms with Crippen LogP contribution in [0, 0.1) is 13.8 Å². The van der Waals surface area contributed by atoms with Crippen molar-refractivity contribution in [2.45, 2.75) is 37.5 Å². The summed E-state index contributed by atoms with van der Waals surface area (Å²) in [5.74, 6) is -0.310. The highest BCUT2D eigenvalue weighted by Crippen LogP contribution is 2.55. The van der Waals surface area contributed by atoms with E-state index >= 15 is 0 Å². The third-order valence-corrected chi connectivity index (χ3v) is 6.15. The fourth-order valence-corrected chi connectivity index (χ4v) is 5.38. The number of benzene rings is 1. The van der Waals surface area contributed by atoms with Crippen molar-refractivity contribution < 1.29 is 19.4 Å². The number of hydrogen-bond acceptors (Lipinski definition) is 5. The summed E-state index contributed by atoms with van der Waals surface area (Å²) in [6, 6.07) is 3.93. The molecule has 1 spiro atoms. The Balaban J connectivity index is 2.25. The van der Waals surface area contributed by atoms with E-state index in [1.165, 1.54) is 11.8 Å². The van der Waals surface area contributed by atoms with Gasteiger partial charge in [-0.25, -0.2) is 0 Å². The molecule has 0 bridgehead atoms. The molecular formula is C17H21NO4S. The lowest BCUT2D eigenvalue weighted by Gasteiger charge is -2.30. The molecule has 1 N–H and O–H groups in total. The number of rotatable bonds is 2. The van der Waals surface area contributed by atoms with E-state index < -0.39 is 22.7 Å². The number of aliphatic hydroxyl groups is 1. The molecule has 5 nitrogen and oxygen atoms in total. The molecule has 1 amide bonds. The summed E-state index contributed by atoms with van der Waals surface area (Å²) in [5, 5.41) is 9.99. The number of ether oxygens (including phenoxy) is 1. The van der Waals surface area contributed by atoms with Gasteiger partial charge in [0, 0.05) is 12.8 Å². The van der Waals surface area contributed by atoms with Crippen LogP contribution in [0.4, 0.5) is 5.69 Å². The Kier molecular flexibility index (Phi) is 3.92. The number of aliphatic hydroxyl groups excluding tert-OH is 1. The minimum absolute atomic E-state index is 0.225. The molecule has 0 aliphatic carbocycles. The number of carbonyl (C=O) groups is 2. The number of amides is 1. The smallest absolute Gasteiger partial charge is 0.320 e. The Morgan fingerprint density at radius 3 is 2.83 bits per heavy atom. The molecule has 2 aliphatic rings. The molecule has 0 unspecified atom stereocenters. The zero-order valence-corrected chi connectivity index (χ0v) is 14.6. The minimum Gasteiger partial charge on any atom is -0.465 e. The number of anilines is 1. The molecular weight excluding hydrogens is 314 g/mol. The maximum absolute atomic E-state index is 13.1. The van der Waals surface area contributed by atoms with E-state index in [1.807, 2.05) is 26.0 Å². The Hall–Kier alpha value is -1.53. The van der Waals surface area contributed by atoms with Gasteiger partial charge in [-0.05, 0) is 31.9 Å². The van der Waals surface area contributed by atoms with Crippen LogP contribution in [0.15, 0.2) is 12.1 Å². The fraction of sp³-hybridized carbons (Fsp3) is 0.529. The topological polar surface area (TPSA) is 66.8 Å². The first kappa shape index (κ1) is 16.3. The van der Waals surface area contributed by atoms with Crippen LogP contribution < -0.4 is 4.90 Å². The highest BCUT2D eigenvalue weighted by molar-refractivity contribution is 8.01. The molecule has 23 heavy (non-hydrogen) atoms. The maximum atomic E-state index is 13.1. The quantitative estimate of drug-likeness (QED) is 0.831. The predicted octanol–water partition coefficient (Wildman–Crippen LogP) is 1.56. The van der Waals surface area contributed by atoms with Gasteiger partial charge in [0.2, 0.25) is 5.91 Å². The summed E-state index contributed by atoms with van der Waals surface area (Å²) in [7, 11) is 1.70. The average molecular weight is 335 g/mol. The van der Waals surface area contributed by atoms with Gasteiger partial charge in [0.15, 0.2) is 0 Å². The minimum atomic E-state index is -1.24. The van der Waals surface area contributed by atoms with Crippen molar-refractivity contribution in [2.24, 2.45) is 0 Å². The molecule has 0 aromatic heterocycles. The van der Waals surface area contributed by atoms with Gasteiger partial charge in [-0.2, -0.15) is 0 Å². The maximum Gasteiger partial charge on any atom is 0.320 e. The highest BCUT2D eigenvalue weighted by Gasteiger charge is 2.65. The highest BCUT2D eigenvalue weighted by atomic mass is 32.2. The lowest BCUT2D eigenvalue weighted by Crippen LogP contribution is -2.53. The number of carbonyl (C=O) groups excluding carboxylic acids is 2. The number of fused-ring (bicyclic) bond motifs is 2. The number of esters is 1. The van der Waals surface area contributed by atoms with E-state index in [2.05, 4.69) is 0 Å². The monoisotopic (exact) mass is 335 g/mol. The molecule has 1 aromatic rings. The Bertz CT molecular complexity index is 689. The van der Waals surface area contributed by atoms with Crippen molar-refractivity contribution in [3.8, 4) is 0 Å². The molecule has 1 fully saturated rings. The molecule has 0 saturated carbocycles. The Morgan fingerprint density at radius 2 is 2.17 bits per heavy atom. The van der Waals surface area contributed by atoms with E-state index in [0.717, 1.165) is 22.4 Å². The number of thioether (sulfide) groups is 1. The molecule has 2 heterocycles. The van der Waals surface area contributed by atoms with Crippen LogP contribution in [0.1, 0.15) is 23.6 Å². The van der Waals surface area contributed by atoms with Gasteiger partial charge >= 0.3 is 5.97 Å². The number of likely N-dealkylation sites (N-methyl/N-ethyl adjacent to an activating group) is 1. The summed E-state index contributed by atoms with van der Waals surface area (Å²) in [4.78, 5) is 27.2. The standard InChI is InChI=1S/C17H21NO4S/c1-5-22-15(20)14-17(12(19)8-23-14)11-7-9(2)6-10(3)13(11)18(4)16(17)21/h6-7,12,14,19H,5,8H2,1-4H3/t12-,14+,17-/m0/s1. The first-order valence-electron chi connectivity index (χ1n) is 7.71. The van der Waals surface area contributed by atoms with Crippen molar-refractivity contribution in [2.75, 3.05) is 24.3 Å². The van der Waals surface area contributed by atoms with Crippen LogP contribution in [0.25, 0.3) is 0 Å². The van der Waals surface area contributed by atoms with E-state index in [1.54, 1.807) is 18.9 Å². The zero-order chi connectivity index (χ0) is 16.9. The average Bonchev–Trinajstić information content (AvgIpc) is 2.93. The second-order valence-electron chi connectivity index (χ2n) is 6.19. The first-order valence-corrected chi connectivity index (χ1v) is 8.76. The summed E-state index contributed by atoms with van der Waals surface area (Å²) < 4.78 is 5.18. The lowest BCUT2D eigenvalue weighted by atomic mass is 9.73. The Morgan fingerprint density at radius 1 is 1.48 bits per heavy atom. The van der Waals surface area contributed by atoms with Gasteiger partial charge in [-0.3, -0.25) is 9.59 Å². The molecule has 3 rings (SSSR count). The van der Waals surface area contributed by atoms with Crippen molar-refractivity contribution in [3.63, 3.8) is 0 Å². The number of hydrogen-bond donors (Lipinski definition) is 1. The fourth-order valence-electron chi connectivity index (χ4n) is 3.89. The number of nitrogens with zero attached hydrogens (tertiary/aromatic N) is 1. The first-order chi connectivity index (χ1) is 10.9. The third-order valence-electron chi connectivity index (χ3n) is 4.75. The van der Waals surface area contributed by atoms with Gasteiger partial charge in [-0.1, -0.05) is 17.7 Å². The second kappa shape index (κ2) is 5.53. The third kappa shape index (κ3) is 2.04. The van der Waals surface area contributed by atoms with E-state index in [4.69, 9.17) is 4.74 Å². The van der Waals surface area contributed by atoms with Gasteiger partial charge in [0.05, 0.1) is 18.4 Å². The van der Waals surface area contributed by atoms with Crippen LogP contribution >= 0.6 is 11.8 Å². The summed E-state index contributed by atoms with van der Waals surface area (Å²) in [5.41, 5.74) is 2.29. The van der Waals surface area contributed by atoms with Crippen molar-refractivity contribution >= 4 is 29.3 Å². The normalized spacial score (nSPS) is 29.3. The molecule has 0 radical (unpaired) electrons.